The molecule has 2 rings (SSSR count). The first kappa shape index (κ1) is 23.7. The first-order valence-corrected chi connectivity index (χ1v) is 9.66. The van der Waals surface area contributed by atoms with Crippen molar-refractivity contribution in [2.45, 2.75) is 45.7 Å². The Morgan fingerprint density at radius 2 is 1.68 bits per heavy atom. The molecule has 2 aromatic rings. The predicted molar refractivity (Wildman–Crippen MR) is 104 cm³/mol. The van der Waals surface area contributed by atoms with Crippen LogP contribution in [0.25, 0.3) is 11.1 Å². The number of halogens is 3. The lowest BCUT2D eigenvalue weighted by molar-refractivity contribution is -0.192. The van der Waals surface area contributed by atoms with E-state index in [0.717, 1.165) is 17.9 Å². The zero-order valence-corrected chi connectivity index (χ0v) is 16.6. The van der Waals surface area contributed by atoms with Crippen LogP contribution in [0.15, 0.2) is 35.7 Å². The summed E-state index contributed by atoms with van der Waals surface area (Å²) in [6, 6.07) is 9.77. The Bertz CT molecular complexity index is 768. The number of nitrogens with two attached hydrogens (primary N) is 1. The lowest BCUT2D eigenvalue weighted by Gasteiger charge is -2.03. The van der Waals surface area contributed by atoms with Crippen LogP contribution in [-0.2, 0) is 11.2 Å². The molecule has 28 heavy (non-hydrogen) atoms. The number of alkyl halides is 3. The Morgan fingerprint density at radius 1 is 1.11 bits per heavy atom. The zero-order chi connectivity index (χ0) is 21.3. The van der Waals surface area contributed by atoms with Crippen molar-refractivity contribution in [1.29, 1.82) is 0 Å². The third kappa shape index (κ3) is 8.56. The summed E-state index contributed by atoms with van der Waals surface area (Å²) in [5.41, 5.74) is 8.19. The van der Waals surface area contributed by atoms with Gasteiger partial charge >= 0.3 is 12.1 Å². The minimum atomic E-state index is -5.08. The number of hydrogen-bond donors (Lipinski definition) is 2. The molecular weight excluding hydrogens is 391 g/mol. The average molecular weight is 415 g/mol. The fraction of sp³-hybridized carbons (Fsp3) is 0.400. The van der Waals surface area contributed by atoms with E-state index in [-0.39, 0.29) is 5.91 Å². The lowest BCUT2D eigenvalue weighted by atomic mass is 10.0. The highest BCUT2D eigenvalue weighted by molar-refractivity contribution is 7.10. The first-order valence-electron chi connectivity index (χ1n) is 8.78. The molecule has 0 bridgehead atoms. The van der Waals surface area contributed by atoms with E-state index in [9.17, 15) is 18.0 Å². The number of benzene rings is 1. The minimum absolute atomic E-state index is 0.377. The molecule has 8 heteroatoms. The number of thiophene rings is 1. The summed E-state index contributed by atoms with van der Waals surface area (Å²) in [6.07, 6.45) is -0.0411. The van der Waals surface area contributed by atoms with E-state index in [2.05, 4.69) is 25.3 Å². The monoisotopic (exact) mass is 415 g/mol. The summed E-state index contributed by atoms with van der Waals surface area (Å²) in [7, 11) is 0. The molecule has 0 saturated carbocycles. The van der Waals surface area contributed by atoms with E-state index < -0.39 is 12.1 Å². The maximum atomic E-state index is 11.1. The van der Waals surface area contributed by atoms with E-state index in [0.29, 0.717) is 5.56 Å². The van der Waals surface area contributed by atoms with Gasteiger partial charge in [-0.1, -0.05) is 38.8 Å². The van der Waals surface area contributed by atoms with Crippen LogP contribution in [0, 0.1) is 5.92 Å². The molecule has 0 aliphatic rings. The fourth-order valence-electron chi connectivity index (χ4n) is 2.34. The van der Waals surface area contributed by atoms with Crippen LogP contribution >= 0.6 is 11.3 Å². The summed E-state index contributed by atoms with van der Waals surface area (Å²) in [5, 5.41) is 9.32. The standard InChI is InChI=1S/C18H23NOS.C2HF3O2/c1-13(2)5-3-4-6-17-11-16(12-21-17)14-7-9-15(10-8-14)18(19)20;3-2(4,5)1(6)7/h7-13H,3-6H2,1-2H3,(H2,19,20);(H,6,7). The molecular formula is C20H24F3NO3S. The van der Waals surface area contributed by atoms with Crippen molar-refractivity contribution in [3.63, 3.8) is 0 Å². The molecule has 154 valence electrons. The van der Waals surface area contributed by atoms with Crippen LogP contribution in [0.3, 0.4) is 0 Å². The highest BCUT2D eigenvalue weighted by Gasteiger charge is 2.38. The van der Waals surface area contributed by atoms with E-state index >= 15 is 0 Å². The molecule has 0 aliphatic carbocycles. The summed E-state index contributed by atoms with van der Waals surface area (Å²) in [6.45, 7) is 4.55. The number of amides is 1. The van der Waals surface area contributed by atoms with Gasteiger partial charge in [-0.3, -0.25) is 4.79 Å². The van der Waals surface area contributed by atoms with Crippen LogP contribution < -0.4 is 5.73 Å². The first-order chi connectivity index (χ1) is 13.0. The number of unbranched alkanes of at least 4 members (excludes halogenated alkanes) is 1. The van der Waals surface area contributed by atoms with Gasteiger partial charge in [-0.25, -0.2) is 4.79 Å². The predicted octanol–water partition coefficient (Wildman–Crippen LogP) is 5.52. The number of carboxylic acids is 1. The van der Waals surface area contributed by atoms with Crippen molar-refractivity contribution < 1.29 is 27.9 Å². The average Bonchev–Trinajstić information content (AvgIpc) is 3.07. The molecule has 1 heterocycles. The smallest absolute Gasteiger partial charge is 0.475 e. The molecule has 0 atom stereocenters. The molecule has 4 nitrogen and oxygen atoms in total. The molecule has 0 unspecified atom stereocenters. The van der Waals surface area contributed by atoms with Crippen molar-refractivity contribution >= 4 is 23.2 Å². The number of rotatable bonds is 7. The van der Waals surface area contributed by atoms with Gasteiger partial charge in [-0.05, 0) is 53.5 Å². The van der Waals surface area contributed by atoms with Gasteiger partial charge in [0.1, 0.15) is 0 Å². The van der Waals surface area contributed by atoms with Crippen molar-refractivity contribution in [3.8, 4) is 11.1 Å². The van der Waals surface area contributed by atoms with Crippen LogP contribution in [0.5, 0.6) is 0 Å². The van der Waals surface area contributed by atoms with Gasteiger partial charge in [-0.2, -0.15) is 13.2 Å². The number of carboxylic acid groups (broad SMARTS) is 1. The second-order valence-corrected chi connectivity index (χ2v) is 7.68. The summed E-state index contributed by atoms with van der Waals surface area (Å²) in [4.78, 5) is 21.4. The highest BCUT2D eigenvalue weighted by Crippen LogP contribution is 2.27. The van der Waals surface area contributed by atoms with Gasteiger partial charge in [0.2, 0.25) is 5.91 Å². The van der Waals surface area contributed by atoms with Crippen molar-refractivity contribution in [1.82, 2.24) is 0 Å². The SMILES string of the molecule is CC(C)CCCCc1cc(-c2ccc(C(N)=O)cc2)cs1.O=C(O)C(F)(F)F. The Kier molecular flexibility index (Phi) is 9.18. The van der Waals surface area contributed by atoms with Crippen molar-refractivity contribution in [2.75, 3.05) is 0 Å². The maximum Gasteiger partial charge on any atom is 0.490 e. The minimum Gasteiger partial charge on any atom is -0.475 e. The number of carbonyl (C=O) groups is 2. The molecule has 1 aromatic heterocycles. The van der Waals surface area contributed by atoms with Crippen LogP contribution in [-0.4, -0.2) is 23.2 Å². The van der Waals surface area contributed by atoms with Gasteiger partial charge in [0, 0.05) is 10.4 Å². The van der Waals surface area contributed by atoms with Gasteiger partial charge in [0.15, 0.2) is 0 Å². The van der Waals surface area contributed by atoms with Crippen molar-refractivity contribution in [2.24, 2.45) is 11.7 Å². The number of aliphatic carboxylic acids is 1. The fourth-order valence-corrected chi connectivity index (χ4v) is 3.28. The molecule has 3 N–H and O–H groups in total. The molecule has 0 spiro atoms. The second kappa shape index (κ2) is 10.8. The van der Waals surface area contributed by atoms with E-state index in [1.54, 1.807) is 12.1 Å². The lowest BCUT2D eigenvalue weighted by Crippen LogP contribution is -2.21. The molecule has 0 radical (unpaired) electrons. The van der Waals surface area contributed by atoms with Crippen molar-refractivity contribution in [3.05, 3.63) is 46.2 Å². The second-order valence-electron chi connectivity index (χ2n) is 6.69. The van der Waals surface area contributed by atoms with E-state index in [1.165, 1.54) is 29.7 Å². The molecule has 1 amide bonds. The topological polar surface area (TPSA) is 80.4 Å². The van der Waals surface area contributed by atoms with Crippen LogP contribution in [0.2, 0.25) is 0 Å². The Hall–Kier alpha value is -2.35. The van der Waals surface area contributed by atoms with E-state index in [1.807, 2.05) is 23.5 Å². The molecule has 0 saturated heterocycles. The van der Waals surface area contributed by atoms with Crippen LogP contribution in [0.4, 0.5) is 13.2 Å². The highest BCUT2D eigenvalue weighted by atomic mass is 32.1. The van der Waals surface area contributed by atoms with Crippen LogP contribution in [0.1, 0.15) is 48.3 Å². The van der Waals surface area contributed by atoms with Gasteiger partial charge < -0.3 is 10.8 Å². The zero-order valence-electron chi connectivity index (χ0n) is 15.8. The summed E-state index contributed by atoms with van der Waals surface area (Å²) in [5.74, 6) is -2.34. The third-order valence-electron chi connectivity index (χ3n) is 3.85. The van der Waals surface area contributed by atoms with E-state index in [4.69, 9.17) is 15.6 Å². The summed E-state index contributed by atoms with van der Waals surface area (Å²) < 4.78 is 31.7. The molecule has 1 aromatic carbocycles. The van der Waals surface area contributed by atoms with Gasteiger partial charge in [-0.15, -0.1) is 11.3 Å². The number of aryl methyl sites for hydroxylation is 1. The Balaban J connectivity index is 0.000000480. The largest absolute Gasteiger partial charge is 0.490 e. The third-order valence-corrected chi connectivity index (χ3v) is 4.85. The quantitative estimate of drug-likeness (QED) is 0.585. The van der Waals surface area contributed by atoms with Gasteiger partial charge in [0.25, 0.3) is 0 Å². The van der Waals surface area contributed by atoms with Gasteiger partial charge in [0.05, 0.1) is 0 Å². The number of hydrogen-bond acceptors (Lipinski definition) is 3. The Labute approximate surface area is 166 Å². The Morgan fingerprint density at radius 3 is 2.14 bits per heavy atom. The molecule has 0 fully saturated rings. The maximum absolute atomic E-state index is 11.1. The normalized spacial score (nSPS) is 11.1. The molecule has 0 aliphatic heterocycles. The number of primary amides is 1. The summed E-state index contributed by atoms with van der Waals surface area (Å²) >= 11 is 1.82. The number of carbonyl (C=O) groups excluding carboxylic acids is 1.